The van der Waals surface area contributed by atoms with Gasteiger partial charge in [0.2, 0.25) is 0 Å². The molecule has 0 aliphatic carbocycles. The minimum atomic E-state index is 0.450. The molecule has 1 heterocycles. The van der Waals surface area contributed by atoms with E-state index in [4.69, 9.17) is 34.8 Å². The summed E-state index contributed by atoms with van der Waals surface area (Å²) in [6, 6.07) is 3.35. The lowest BCUT2D eigenvalue weighted by Crippen LogP contribution is -2.18. The van der Waals surface area contributed by atoms with Crippen molar-refractivity contribution in [1.29, 1.82) is 0 Å². The Morgan fingerprint density at radius 3 is 2.65 bits per heavy atom. The number of likely N-dealkylation sites (tertiary alicyclic amines) is 1. The molecule has 1 saturated heterocycles. The first kappa shape index (κ1) is 15.7. The number of hydrogen-bond donors (Lipinski definition) is 0. The predicted octanol–water partition coefficient (Wildman–Crippen LogP) is 6.09. The van der Waals surface area contributed by atoms with Crippen molar-refractivity contribution in [3.63, 3.8) is 0 Å². The van der Waals surface area contributed by atoms with Gasteiger partial charge in [-0.1, -0.05) is 47.3 Å². The van der Waals surface area contributed by atoms with Crippen LogP contribution in [0.3, 0.4) is 0 Å². The molecule has 0 saturated carbocycles. The van der Waals surface area contributed by atoms with Gasteiger partial charge in [-0.05, 0) is 31.9 Å². The summed E-state index contributed by atoms with van der Waals surface area (Å²) >= 11 is 18.1. The number of aliphatic imine (C=N–C) groups is 1. The van der Waals surface area contributed by atoms with E-state index in [1.807, 2.05) is 0 Å². The molecule has 2 nitrogen and oxygen atoms in total. The molecule has 20 heavy (non-hydrogen) atoms. The van der Waals surface area contributed by atoms with E-state index in [2.05, 4.69) is 29.9 Å². The first-order valence-corrected chi connectivity index (χ1v) is 7.80. The van der Waals surface area contributed by atoms with Crippen LogP contribution in [0.2, 0.25) is 15.1 Å². The number of halogens is 3. The van der Waals surface area contributed by atoms with Gasteiger partial charge in [0.25, 0.3) is 0 Å². The van der Waals surface area contributed by atoms with E-state index in [9.17, 15) is 0 Å². The Bertz CT molecular complexity index is 564. The number of amidine groups is 1. The SMILES string of the molecule is CC/C(C)=C/N1CCCC1=Nc1cc(Cl)c(Cl)cc1Cl. The number of benzene rings is 1. The molecule has 0 unspecified atom stereocenters. The molecule has 0 spiro atoms. The summed E-state index contributed by atoms with van der Waals surface area (Å²) in [6.45, 7) is 5.27. The molecule has 0 bridgehead atoms. The number of allylic oxidation sites excluding steroid dienone is 1. The molecule has 1 aliphatic heterocycles. The van der Waals surface area contributed by atoms with Crippen LogP contribution in [0.25, 0.3) is 0 Å². The molecule has 0 radical (unpaired) electrons. The summed E-state index contributed by atoms with van der Waals surface area (Å²) < 4.78 is 0. The van der Waals surface area contributed by atoms with Crippen LogP contribution in [0.4, 0.5) is 5.69 Å². The molecule has 1 aromatic carbocycles. The molecule has 1 fully saturated rings. The van der Waals surface area contributed by atoms with E-state index >= 15 is 0 Å². The fraction of sp³-hybridized carbons (Fsp3) is 0.400. The summed E-state index contributed by atoms with van der Waals surface area (Å²) in [4.78, 5) is 6.84. The minimum absolute atomic E-state index is 0.450. The monoisotopic (exact) mass is 330 g/mol. The second-order valence-corrected chi connectivity index (χ2v) is 6.09. The second-order valence-electron chi connectivity index (χ2n) is 4.87. The van der Waals surface area contributed by atoms with Gasteiger partial charge in [-0.3, -0.25) is 0 Å². The molecule has 2 rings (SSSR count). The lowest BCUT2D eigenvalue weighted by molar-refractivity contribution is 0.595. The van der Waals surface area contributed by atoms with E-state index in [1.54, 1.807) is 12.1 Å². The number of hydrogen-bond acceptors (Lipinski definition) is 1. The topological polar surface area (TPSA) is 15.6 Å². The number of rotatable bonds is 3. The maximum absolute atomic E-state index is 6.18. The largest absolute Gasteiger partial charge is 0.337 e. The predicted molar refractivity (Wildman–Crippen MR) is 88.6 cm³/mol. The Kier molecular flexibility index (Phi) is 5.36. The lowest BCUT2D eigenvalue weighted by Gasteiger charge is -2.15. The van der Waals surface area contributed by atoms with Crippen LogP contribution < -0.4 is 0 Å². The molecule has 108 valence electrons. The first-order valence-electron chi connectivity index (χ1n) is 6.67. The van der Waals surface area contributed by atoms with Gasteiger partial charge in [0.1, 0.15) is 5.84 Å². The summed E-state index contributed by atoms with van der Waals surface area (Å²) in [5.74, 6) is 1.03. The van der Waals surface area contributed by atoms with Crippen LogP contribution in [0.5, 0.6) is 0 Å². The van der Waals surface area contributed by atoms with Crippen molar-refractivity contribution in [2.75, 3.05) is 6.54 Å². The molecule has 1 aromatic rings. The second kappa shape index (κ2) is 6.84. The van der Waals surface area contributed by atoms with Crippen molar-refractivity contribution in [2.45, 2.75) is 33.1 Å². The van der Waals surface area contributed by atoms with E-state index in [0.29, 0.717) is 20.8 Å². The maximum Gasteiger partial charge on any atom is 0.109 e. The third kappa shape index (κ3) is 3.69. The molecule has 0 atom stereocenters. The molecule has 0 amide bonds. The van der Waals surface area contributed by atoms with Crippen molar-refractivity contribution in [1.82, 2.24) is 4.90 Å². The van der Waals surface area contributed by atoms with Gasteiger partial charge in [0, 0.05) is 19.2 Å². The van der Waals surface area contributed by atoms with Crippen molar-refractivity contribution in [2.24, 2.45) is 4.99 Å². The normalized spacial score (nSPS) is 18.1. The smallest absolute Gasteiger partial charge is 0.109 e. The zero-order chi connectivity index (χ0) is 14.7. The molecule has 5 heteroatoms. The average Bonchev–Trinajstić information content (AvgIpc) is 2.83. The Hall–Kier alpha value is -0.700. The fourth-order valence-corrected chi connectivity index (χ4v) is 2.62. The van der Waals surface area contributed by atoms with Crippen LogP contribution >= 0.6 is 34.8 Å². The minimum Gasteiger partial charge on any atom is -0.337 e. The number of nitrogens with zero attached hydrogens (tertiary/aromatic N) is 2. The van der Waals surface area contributed by atoms with Gasteiger partial charge < -0.3 is 4.90 Å². The Labute approximate surface area is 135 Å². The van der Waals surface area contributed by atoms with Gasteiger partial charge in [0.15, 0.2) is 0 Å². The quantitative estimate of drug-likeness (QED) is 0.612. The third-order valence-electron chi connectivity index (χ3n) is 3.30. The zero-order valence-electron chi connectivity index (χ0n) is 11.6. The van der Waals surface area contributed by atoms with E-state index in [1.165, 1.54) is 5.57 Å². The summed E-state index contributed by atoms with van der Waals surface area (Å²) in [5.41, 5.74) is 2.00. The van der Waals surface area contributed by atoms with E-state index in [-0.39, 0.29) is 0 Å². The lowest BCUT2D eigenvalue weighted by atomic mass is 10.2. The Balaban J connectivity index is 2.32. The van der Waals surface area contributed by atoms with Gasteiger partial charge in [-0.15, -0.1) is 0 Å². The molecule has 1 aliphatic rings. The highest BCUT2D eigenvalue weighted by Crippen LogP contribution is 2.35. The summed E-state index contributed by atoms with van der Waals surface area (Å²) in [5, 5.41) is 1.45. The van der Waals surface area contributed by atoms with Crippen molar-refractivity contribution in [3.05, 3.63) is 39.0 Å². The van der Waals surface area contributed by atoms with E-state index < -0.39 is 0 Å². The van der Waals surface area contributed by atoms with Crippen LogP contribution in [0.1, 0.15) is 33.1 Å². The molecular formula is C15H17Cl3N2. The highest BCUT2D eigenvalue weighted by atomic mass is 35.5. The standard InChI is InChI=1S/C15H17Cl3N2/c1-3-10(2)9-20-6-4-5-15(20)19-14-8-12(17)11(16)7-13(14)18/h7-9H,3-6H2,1-2H3/b10-9+,19-15?. The summed E-state index contributed by atoms with van der Waals surface area (Å²) in [6.07, 6.45) is 5.25. The van der Waals surface area contributed by atoms with Crippen LogP contribution in [0.15, 0.2) is 28.9 Å². The first-order chi connectivity index (χ1) is 9.51. The van der Waals surface area contributed by atoms with E-state index in [0.717, 1.165) is 31.6 Å². The Morgan fingerprint density at radius 1 is 1.25 bits per heavy atom. The Morgan fingerprint density at radius 2 is 1.95 bits per heavy atom. The average molecular weight is 332 g/mol. The van der Waals surface area contributed by atoms with Gasteiger partial charge in [-0.2, -0.15) is 0 Å². The van der Waals surface area contributed by atoms with Crippen molar-refractivity contribution in [3.8, 4) is 0 Å². The fourth-order valence-electron chi connectivity index (χ4n) is 2.03. The van der Waals surface area contributed by atoms with Gasteiger partial charge >= 0.3 is 0 Å². The highest BCUT2D eigenvalue weighted by Gasteiger charge is 2.17. The van der Waals surface area contributed by atoms with Crippen LogP contribution in [-0.2, 0) is 0 Å². The van der Waals surface area contributed by atoms with Crippen LogP contribution in [-0.4, -0.2) is 17.3 Å². The van der Waals surface area contributed by atoms with Crippen LogP contribution in [0, 0.1) is 0 Å². The highest BCUT2D eigenvalue weighted by molar-refractivity contribution is 6.44. The summed E-state index contributed by atoms with van der Waals surface area (Å²) in [7, 11) is 0. The zero-order valence-corrected chi connectivity index (χ0v) is 13.9. The van der Waals surface area contributed by atoms with Gasteiger partial charge in [-0.25, -0.2) is 4.99 Å². The van der Waals surface area contributed by atoms with Gasteiger partial charge in [0.05, 0.1) is 20.8 Å². The molecule has 0 N–H and O–H groups in total. The van der Waals surface area contributed by atoms with Crippen molar-refractivity contribution < 1.29 is 0 Å². The molecular weight excluding hydrogens is 315 g/mol. The third-order valence-corrected chi connectivity index (χ3v) is 4.33. The maximum atomic E-state index is 6.18. The van der Waals surface area contributed by atoms with Crippen molar-refractivity contribution >= 4 is 46.3 Å². The molecule has 0 aromatic heterocycles.